The molecule has 15 heavy (non-hydrogen) atoms. The van der Waals surface area contributed by atoms with Crippen LogP contribution in [0.4, 0.5) is 0 Å². The SMILES string of the molecule is NC/C=C/c1c(O)ccc2ccccc12. The lowest BCUT2D eigenvalue weighted by atomic mass is 10.0. The van der Waals surface area contributed by atoms with Crippen LogP contribution in [0.5, 0.6) is 5.75 Å². The number of phenolic OH excluding ortho intramolecular Hbond substituents is 1. The molecule has 0 unspecified atom stereocenters. The van der Waals surface area contributed by atoms with E-state index in [-0.39, 0.29) is 0 Å². The first-order valence-electron chi connectivity index (χ1n) is 4.90. The second-order valence-corrected chi connectivity index (χ2v) is 3.36. The van der Waals surface area contributed by atoms with Crippen LogP contribution in [0.1, 0.15) is 5.56 Å². The Bertz CT molecular complexity index is 503. The van der Waals surface area contributed by atoms with Gasteiger partial charge in [0.05, 0.1) is 0 Å². The third-order valence-electron chi connectivity index (χ3n) is 2.37. The van der Waals surface area contributed by atoms with Gasteiger partial charge in [0.1, 0.15) is 5.75 Å². The third-order valence-corrected chi connectivity index (χ3v) is 2.37. The minimum absolute atomic E-state index is 0.290. The van der Waals surface area contributed by atoms with Gasteiger partial charge in [-0.15, -0.1) is 0 Å². The molecule has 2 aromatic rings. The fourth-order valence-corrected chi connectivity index (χ4v) is 1.65. The molecule has 0 aliphatic rings. The average Bonchev–Trinajstić information content (AvgIpc) is 2.28. The van der Waals surface area contributed by atoms with Crippen LogP contribution in [-0.2, 0) is 0 Å². The molecule has 76 valence electrons. The molecule has 0 radical (unpaired) electrons. The van der Waals surface area contributed by atoms with Crippen molar-refractivity contribution in [1.82, 2.24) is 0 Å². The van der Waals surface area contributed by atoms with E-state index in [0.29, 0.717) is 12.3 Å². The number of fused-ring (bicyclic) bond motifs is 1. The van der Waals surface area contributed by atoms with Crippen molar-refractivity contribution in [3.63, 3.8) is 0 Å². The highest BCUT2D eigenvalue weighted by Gasteiger charge is 2.02. The van der Waals surface area contributed by atoms with Crippen molar-refractivity contribution >= 4 is 16.8 Å². The summed E-state index contributed by atoms with van der Waals surface area (Å²) in [5, 5.41) is 11.9. The van der Waals surface area contributed by atoms with Crippen LogP contribution in [-0.4, -0.2) is 11.7 Å². The maximum atomic E-state index is 9.74. The van der Waals surface area contributed by atoms with E-state index in [1.807, 2.05) is 42.5 Å². The lowest BCUT2D eigenvalue weighted by Crippen LogP contribution is -1.92. The van der Waals surface area contributed by atoms with Crippen molar-refractivity contribution in [2.75, 3.05) is 6.54 Å². The van der Waals surface area contributed by atoms with Crippen molar-refractivity contribution in [3.05, 3.63) is 48.0 Å². The first kappa shape index (κ1) is 9.74. The standard InChI is InChI=1S/C13H13NO/c14-9-3-6-12-11-5-2-1-4-10(11)7-8-13(12)15/h1-8,15H,9,14H2/b6-3+. The molecule has 0 fully saturated rings. The van der Waals surface area contributed by atoms with Crippen molar-refractivity contribution in [2.24, 2.45) is 5.73 Å². The van der Waals surface area contributed by atoms with E-state index < -0.39 is 0 Å². The third kappa shape index (κ3) is 1.85. The van der Waals surface area contributed by atoms with Crippen molar-refractivity contribution in [1.29, 1.82) is 0 Å². The van der Waals surface area contributed by atoms with E-state index in [2.05, 4.69) is 0 Å². The molecule has 2 aromatic carbocycles. The van der Waals surface area contributed by atoms with Crippen LogP contribution >= 0.6 is 0 Å². The first-order chi connectivity index (χ1) is 7.33. The van der Waals surface area contributed by atoms with Crippen molar-refractivity contribution < 1.29 is 5.11 Å². The molecule has 0 bridgehead atoms. The Morgan fingerprint density at radius 2 is 1.93 bits per heavy atom. The molecule has 0 saturated heterocycles. The van der Waals surface area contributed by atoms with Gasteiger partial charge in [0.25, 0.3) is 0 Å². The summed E-state index contributed by atoms with van der Waals surface area (Å²) in [5.74, 6) is 0.290. The van der Waals surface area contributed by atoms with Gasteiger partial charge >= 0.3 is 0 Å². The van der Waals surface area contributed by atoms with Gasteiger partial charge in [-0.3, -0.25) is 0 Å². The molecule has 0 spiro atoms. The van der Waals surface area contributed by atoms with Crippen molar-refractivity contribution in [3.8, 4) is 5.75 Å². The Labute approximate surface area is 88.7 Å². The molecule has 0 atom stereocenters. The summed E-state index contributed by atoms with van der Waals surface area (Å²) in [6.07, 6.45) is 3.69. The quantitative estimate of drug-likeness (QED) is 0.780. The zero-order valence-electron chi connectivity index (χ0n) is 8.35. The molecule has 3 N–H and O–H groups in total. The highest BCUT2D eigenvalue weighted by atomic mass is 16.3. The van der Waals surface area contributed by atoms with Gasteiger partial charge in [0.2, 0.25) is 0 Å². The molecule has 0 heterocycles. The van der Waals surface area contributed by atoms with E-state index in [1.54, 1.807) is 6.07 Å². The van der Waals surface area contributed by atoms with E-state index >= 15 is 0 Å². The van der Waals surface area contributed by atoms with Crippen LogP contribution in [0.3, 0.4) is 0 Å². The van der Waals surface area contributed by atoms with Crippen LogP contribution in [0.25, 0.3) is 16.8 Å². The number of hydrogen-bond acceptors (Lipinski definition) is 2. The number of benzene rings is 2. The van der Waals surface area contributed by atoms with E-state index in [9.17, 15) is 5.11 Å². The summed E-state index contributed by atoms with van der Waals surface area (Å²) in [7, 11) is 0. The summed E-state index contributed by atoms with van der Waals surface area (Å²) in [4.78, 5) is 0. The topological polar surface area (TPSA) is 46.2 Å². The maximum absolute atomic E-state index is 9.74. The van der Waals surface area contributed by atoms with Gasteiger partial charge in [0, 0.05) is 12.1 Å². The molecule has 0 amide bonds. The second-order valence-electron chi connectivity index (χ2n) is 3.36. The molecular formula is C13H13NO. The number of rotatable bonds is 2. The number of phenols is 1. The number of aromatic hydroxyl groups is 1. The monoisotopic (exact) mass is 199 g/mol. The van der Waals surface area contributed by atoms with Gasteiger partial charge in [-0.2, -0.15) is 0 Å². The van der Waals surface area contributed by atoms with Crippen LogP contribution in [0, 0.1) is 0 Å². The lowest BCUT2D eigenvalue weighted by molar-refractivity contribution is 0.475. The summed E-state index contributed by atoms with van der Waals surface area (Å²) in [6.45, 7) is 0.475. The zero-order chi connectivity index (χ0) is 10.7. The van der Waals surface area contributed by atoms with E-state index in [4.69, 9.17) is 5.73 Å². The molecule has 0 saturated carbocycles. The van der Waals surface area contributed by atoms with E-state index in [1.165, 1.54) is 0 Å². The van der Waals surface area contributed by atoms with Gasteiger partial charge in [-0.25, -0.2) is 0 Å². The summed E-state index contributed by atoms with van der Waals surface area (Å²) >= 11 is 0. The normalized spacial score (nSPS) is 11.3. The maximum Gasteiger partial charge on any atom is 0.123 e. The number of nitrogens with two attached hydrogens (primary N) is 1. The van der Waals surface area contributed by atoms with Crippen LogP contribution in [0.15, 0.2) is 42.5 Å². The smallest absolute Gasteiger partial charge is 0.123 e. The average molecular weight is 199 g/mol. The van der Waals surface area contributed by atoms with Crippen LogP contribution in [0.2, 0.25) is 0 Å². The number of hydrogen-bond donors (Lipinski definition) is 2. The minimum Gasteiger partial charge on any atom is -0.507 e. The second kappa shape index (κ2) is 4.15. The Kier molecular flexibility index (Phi) is 2.70. The zero-order valence-corrected chi connectivity index (χ0v) is 8.35. The Balaban J connectivity index is 2.68. The molecule has 0 aliphatic heterocycles. The molecule has 0 aliphatic carbocycles. The highest BCUT2D eigenvalue weighted by molar-refractivity contribution is 5.92. The Morgan fingerprint density at radius 3 is 2.73 bits per heavy atom. The predicted molar refractivity (Wildman–Crippen MR) is 63.7 cm³/mol. The van der Waals surface area contributed by atoms with Gasteiger partial charge in [-0.1, -0.05) is 42.5 Å². The minimum atomic E-state index is 0.290. The highest BCUT2D eigenvalue weighted by Crippen LogP contribution is 2.27. The fourth-order valence-electron chi connectivity index (χ4n) is 1.65. The summed E-state index contributed by atoms with van der Waals surface area (Å²) in [6, 6.07) is 11.6. The van der Waals surface area contributed by atoms with Crippen molar-refractivity contribution in [2.45, 2.75) is 0 Å². The fraction of sp³-hybridized carbons (Fsp3) is 0.0769. The molecule has 2 nitrogen and oxygen atoms in total. The Hall–Kier alpha value is -1.80. The van der Waals surface area contributed by atoms with Gasteiger partial charge in [-0.05, 0) is 16.8 Å². The molecular weight excluding hydrogens is 186 g/mol. The summed E-state index contributed by atoms with van der Waals surface area (Å²) in [5.41, 5.74) is 6.23. The largest absolute Gasteiger partial charge is 0.507 e. The predicted octanol–water partition coefficient (Wildman–Crippen LogP) is 2.52. The molecule has 2 heteroatoms. The molecule has 0 aromatic heterocycles. The Morgan fingerprint density at radius 1 is 1.13 bits per heavy atom. The van der Waals surface area contributed by atoms with Gasteiger partial charge in [0.15, 0.2) is 0 Å². The molecule has 2 rings (SSSR count). The lowest BCUT2D eigenvalue weighted by Gasteiger charge is -2.04. The van der Waals surface area contributed by atoms with Gasteiger partial charge < -0.3 is 10.8 Å². The van der Waals surface area contributed by atoms with E-state index in [0.717, 1.165) is 16.3 Å². The summed E-state index contributed by atoms with van der Waals surface area (Å²) < 4.78 is 0. The van der Waals surface area contributed by atoms with Crippen LogP contribution < -0.4 is 5.73 Å². The first-order valence-corrected chi connectivity index (χ1v) is 4.90.